The molecule has 1 unspecified atom stereocenters. The van der Waals surface area contributed by atoms with E-state index in [9.17, 15) is 14.4 Å². The number of benzene rings is 1. The molecular formula is C17H24BrN3O4. The van der Waals surface area contributed by atoms with Gasteiger partial charge in [-0.3, -0.25) is 9.59 Å². The van der Waals surface area contributed by atoms with Crippen LogP contribution in [0.2, 0.25) is 0 Å². The summed E-state index contributed by atoms with van der Waals surface area (Å²) >= 11 is 3.32. The Hall–Kier alpha value is -2.09. The number of nitrogens with zero attached hydrogens (tertiary/aromatic N) is 1. The fraction of sp³-hybridized carbons (Fsp3) is 0.471. The summed E-state index contributed by atoms with van der Waals surface area (Å²) in [5, 5.41) is 14.2. The van der Waals surface area contributed by atoms with Gasteiger partial charge in [-0.2, -0.15) is 0 Å². The Morgan fingerprint density at radius 2 is 1.80 bits per heavy atom. The molecule has 0 saturated heterocycles. The van der Waals surface area contributed by atoms with Gasteiger partial charge in [0.15, 0.2) is 0 Å². The average Bonchev–Trinajstić information content (AvgIpc) is 2.52. The number of carboxylic acid groups (broad SMARTS) is 1. The zero-order valence-electron chi connectivity index (χ0n) is 14.6. The summed E-state index contributed by atoms with van der Waals surface area (Å²) in [5.74, 6) is -1.59. The second kappa shape index (κ2) is 10.0. The van der Waals surface area contributed by atoms with Gasteiger partial charge in [-0.15, -0.1) is 0 Å². The molecular weight excluding hydrogens is 390 g/mol. The Morgan fingerprint density at radius 3 is 2.32 bits per heavy atom. The fourth-order valence-corrected chi connectivity index (χ4v) is 2.62. The number of hydrogen-bond donors (Lipinski definition) is 3. The highest BCUT2D eigenvalue weighted by molar-refractivity contribution is 9.10. The summed E-state index contributed by atoms with van der Waals surface area (Å²) in [5.41, 5.74) is 0.635. The summed E-state index contributed by atoms with van der Waals surface area (Å²) in [6.45, 7) is 3.72. The molecule has 1 atom stereocenters. The minimum atomic E-state index is -1.07. The summed E-state index contributed by atoms with van der Waals surface area (Å²) in [4.78, 5) is 36.4. The maximum Gasteiger partial charge on any atom is 0.323 e. The molecule has 0 aromatic heterocycles. The number of rotatable bonds is 8. The molecule has 0 bridgehead atoms. The molecule has 1 rings (SSSR count). The molecule has 0 radical (unpaired) electrons. The molecule has 0 spiro atoms. The van der Waals surface area contributed by atoms with E-state index in [1.54, 1.807) is 12.1 Å². The lowest BCUT2D eigenvalue weighted by atomic mass is 9.95. The van der Waals surface area contributed by atoms with Crippen molar-refractivity contribution in [2.45, 2.75) is 20.3 Å². The smallest absolute Gasteiger partial charge is 0.323 e. The van der Waals surface area contributed by atoms with E-state index in [0.717, 1.165) is 4.47 Å². The number of aliphatic carboxylic acids is 1. The summed E-state index contributed by atoms with van der Waals surface area (Å²) in [6.07, 6.45) is 0.557. The van der Waals surface area contributed by atoms with E-state index in [-0.39, 0.29) is 24.9 Å². The van der Waals surface area contributed by atoms with Gasteiger partial charge in [0.1, 0.15) is 6.54 Å². The van der Waals surface area contributed by atoms with Crippen LogP contribution in [0.25, 0.3) is 0 Å². The quantitative estimate of drug-likeness (QED) is 0.609. The van der Waals surface area contributed by atoms with Gasteiger partial charge >= 0.3 is 12.0 Å². The van der Waals surface area contributed by atoms with E-state index in [4.69, 9.17) is 5.11 Å². The van der Waals surface area contributed by atoms with Crippen LogP contribution in [0, 0.1) is 11.8 Å². The van der Waals surface area contributed by atoms with E-state index < -0.39 is 17.9 Å². The second-order valence-corrected chi connectivity index (χ2v) is 7.17. The third-order valence-electron chi connectivity index (χ3n) is 3.46. The van der Waals surface area contributed by atoms with Crippen molar-refractivity contribution < 1.29 is 19.5 Å². The van der Waals surface area contributed by atoms with Crippen molar-refractivity contribution in [3.8, 4) is 0 Å². The van der Waals surface area contributed by atoms with Gasteiger partial charge in [0, 0.05) is 23.8 Å². The van der Waals surface area contributed by atoms with E-state index in [2.05, 4.69) is 26.6 Å². The third kappa shape index (κ3) is 8.02. The van der Waals surface area contributed by atoms with E-state index in [0.29, 0.717) is 12.1 Å². The lowest BCUT2D eigenvalue weighted by Crippen LogP contribution is -2.43. The Balaban J connectivity index is 2.62. The van der Waals surface area contributed by atoms with Crippen LogP contribution in [0.1, 0.15) is 20.3 Å². The van der Waals surface area contributed by atoms with Gasteiger partial charge in [-0.05, 0) is 36.6 Å². The standard InChI is InChI=1S/C17H24BrN3O4/c1-11(2)8-12(16(24)21(3)10-15(22)23)9-19-17(25)20-14-6-4-13(18)5-7-14/h4-7,11-12H,8-10H2,1-3H3,(H,22,23)(H2,19,20,25). The number of urea groups is 1. The molecule has 138 valence electrons. The van der Waals surface area contributed by atoms with Crippen LogP contribution < -0.4 is 10.6 Å². The van der Waals surface area contributed by atoms with Gasteiger partial charge in [0.25, 0.3) is 0 Å². The minimum Gasteiger partial charge on any atom is -0.480 e. The van der Waals surface area contributed by atoms with Gasteiger partial charge in [-0.1, -0.05) is 29.8 Å². The zero-order valence-corrected chi connectivity index (χ0v) is 16.2. The number of carbonyl (C=O) groups excluding carboxylic acids is 2. The topological polar surface area (TPSA) is 98.7 Å². The first-order valence-electron chi connectivity index (χ1n) is 7.96. The molecule has 0 fully saturated rings. The number of nitrogens with one attached hydrogen (secondary N) is 2. The molecule has 1 aromatic rings. The fourth-order valence-electron chi connectivity index (χ4n) is 2.36. The molecule has 25 heavy (non-hydrogen) atoms. The van der Waals surface area contributed by atoms with Crippen molar-refractivity contribution in [1.82, 2.24) is 10.2 Å². The van der Waals surface area contributed by atoms with Crippen molar-refractivity contribution in [3.63, 3.8) is 0 Å². The molecule has 1 aromatic carbocycles. The Kier molecular flexibility index (Phi) is 8.40. The summed E-state index contributed by atoms with van der Waals surface area (Å²) < 4.78 is 0.905. The Bertz CT molecular complexity index is 604. The number of anilines is 1. The predicted molar refractivity (Wildman–Crippen MR) is 99.4 cm³/mol. The first kappa shape index (κ1) is 21.0. The van der Waals surface area contributed by atoms with E-state index in [1.165, 1.54) is 11.9 Å². The molecule has 0 saturated carbocycles. The van der Waals surface area contributed by atoms with Gasteiger partial charge in [0.2, 0.25) is 5.91 Å². The number of carboxylic acids is 1. The zero-order chi connectivity index (χ0) is 19.0. The number of halogens is 1. The van der Waals surface area contributed by atoms with Crippen molar-refractivity contribution in [1.29, 1.82) is 0 Å². The lowest BCUT2D eigenvalue weighted by Gasteiger charge is -2.24. The lowest BCUT2D eigenvalue weighted by molar-refractivity contribution is -0.145. The van der Waals surface area contributed by atoms with Gasteiger partial charge in [0.05, 0.1) is 5.92 Å². The molecule has 3 amide bonds. The monoisotopic (exact) mass is 413 g/mol. The normalized spacial score (nSPS) is 11.7. The van der Waals surface area contributed by atoms with Crippen LogP contribution in [0.3, 0.4) is 0 Å². The minimum absolute atomic E-state index is 0.142. The van der Waals surface area contributed by atoms with Crippen molar-refractivity contribution in [3.05, 3.63) is 28.7 Å². The van der Waals surface area contributed by atoms with Crippen LogP contribution in [-0.4, -0.2) is 48.1 Å². The highest BCUT2D eigenvalue weighted by Gasteiger charge is 2.24. The number of carbonyl (C=O) groups is 3. The number of amides is 3. The molecule has 0 aliphatic heterocycles. The Morgan fingerprint density at radius 1 is 1.20 bits per heavy atom. The van der Waals surface area contributed by atoms with Crippen LogP contribution in [-0.2, 0) is 9.59 Å². The maximum absolute atomic E-state index is 12.4. The largest absolute Gasteiger partial charge is 0.480 e. The van der Waals surface area contributed by atoms with Crippen LogP contribution in [0.15, 0.2) is 28.7 Å². The number of likely N-dealkylation sites (N-methyl/N-ethyl adjacent to an activating group) is 1. The Labute approximate surface area is 155 Å². The first-order valence-corrected chi connectivity index (χ1v) is 8.75. The van der Waals surface area contributed by atoms with Crippen molar-refractivity contribution >= 4 is 39.5 Å². The van der Waals surface area contributed by atoms with E-state index >= 15 is 0 Å². The van der Waals surface area contributed by atoms with Crippen molar-refractivity contribution in [2.24, 2.45) is 11.8 Å². The molecule has 8 heteroatoms. The molecule has 0 heterocycles. The van der Waals surface area contributed by atoms with Gasteiger partial charge in [-0.25, -0.2) is 4.79 Å². The summed E-state index contributed by atoms with van der Waals surface area (Å²) in [7, 11) is 1.45. The molecule has 0 aliphatic carbocycles. The first-order chi connectivity index (χ1) is 11.7. The van der Waals surface area contributed by atoms with Crippen LogP contribution in [0.4, 0.5) is 10.5 Å². The highest BCUT2D eigenvalue weighted by Crippen LogP contribution is 2.15. The molecule has 7 nitrogen and oxygen atoms in total. The van der Waals surface area contributed by atoms with Crippen molar-refractivity contribution in [2.75, 3.05) is 25.5 Å². The maximum atomic E-state index is 12.4. The third-order valence-corrected chi connectivity index (χ3v) is 3.99. The van der Waals surface area contributed by atoms with Crippen LogP contribution in [0.5, 0.6) is 0 Å². The average molecular weight is 414 g/mol. The summed E-state index contributed by atoms with van der Waals surface area (Å²) in [6, 6.07) is 6.70. The van der Waals surface area contributed by atoms with E-state index in [1.807, 2.05) is 26.0 Å². The highest BCUT2D eigenvalue weighted by atomic mass is 79.9. The second-order valence-electron chi connectivity index (χ2n) is 6.26. The molecule has 3 N–H and O–H groups in total. The van der Waals surface area contributed by atoms with Gasteiger partial charge < -0.3 is 20.6 Å². The van der Waals surface area contributed by atoms with Crippen LogP contribution >= 0.6 is 15.9 Å². The SMILES string of the molecule is CC(C)CC(CNC(=O)Nc1ccc(Br)cc1)C(=O)N(C)CC(=O)O. The molecule has 0 aliphatic rings. The number of hydrogen-bond acceptors (Lipinski definition) is 3. The predicted octanol–water partition coefficient (Wildman–Crippen LogP) is 2.78.